The van der Waals surface area contributed by atoms with E-state index in [4.69, 9.17) is 16.3 Å². The van der Waals surface area contributed by atoms with Crippen LogP contribution in [0.15, 0.2) is 35.3 Å². The van der Waals surface area contributed by atoms with Gasteiger partial charge in [0.15, 0.2) is 11.5 Å². The Balaban J connectivity index is 2.12. The molecule has 0 spiro atoms. The first kappa shape index (κ1) is 20.7. The summed E-state index contributed by atoms with van der Waals surface area (Å²) in [6.45, 7) is 0. The van der Waals surface area contributed by atoms with Gasteiger partial charge in [-0.3, -0.25) is 9.48 Å². The Morgan fingerprint density at radius 3 is 2.34 bits per heavy atom. The van der Waals surface area contributed by atoms with Crippen LogP contribution in [0.2, 0.25) is 5.02 Å². The molecule has 0 unspecified atom stereocenters. The summed E-state index contributed by atoms with van der Waals surface area (Å²) in [5.41, 5.74) is -4.45. The van der Waals surface area contributed by atoms with Crippen LogP contribution in [0.5, 0.6) is 11.5 Å². The molecule has 0 saturated carbocycles. The number of aromatic nitrogens is 4. The fourth-order valence-corrected chi connectivity index (χ4v) is 2.54. The maximum Gasteiger partial charge on any atom is 0.437 e. The summed E-state index contributed by atoms with van der Waals surface area (Å²) in [4.78, 5) is 17.7. The Kier molecular flexibility index (Phi) is 5.07. The van der Waals surface area contributed by atoms with Gasteiger partial charge in [0, 0.05) is 13.2 Å². The highest BCUT2D eigenvalue weighted by Gasteiger charge is 2.39. The standard InChI is InChI=1S/C16H9ClF6N4O2/c1-27-5-4-10(26-27)13-24-12(16(21,22)23)11(14(28)25-13)29-7-2-3-9(17)8(6-7)15(18,19)20/h2-6H,1H3,(H,24,25,28). The molecule has 29 heavy (non-hydrogen) atoms. The number of nitrogens with one attached hydrogen (secondary N) is 1. The van der Waals surface area contributed by atoms with Gasteiger partial charge in [-0.05, 0) is 24.3 Å². The monoisotopic (exact) mass is 438 g/mol. The fourth-order valence-electron chi connectivity index (χ4n) is 2.31. The third-order valence-corrected chi connectivity index (χ3v) is 3.89. The van der Waals surface area contributed by atoms with E-state index in [0.29, 0.717) is 6.07 Å². The number of rotatable bonds is 3. The Labute approximate surface area is 162 Å². The Bertz CT molecular complexity index is 1120. The molecule has 1 N–H and O–H groups in total. The van der Waals surface area contributed by atoms with Crippen molar-refractivity contribution in [2.75, 3.05) is 0 Å². The molecular formula is C16H9ClF6N4O2. The molecule has 2 heterocycles. The maximum atomic E-state index is 13.4. The van der Waals surface area contributed by atoms with Crippen LogP contribution in [0.1, 0.15) is 11.3 Å². The predicted octanol–water partition coefficient (Wildman–Crippen LogP) is 4.65. The zero-order chi connectivity index (χ0) is 21.6. The van der Waals surface area contributed by atoms with Gasteiger partial charge >= 0.3 is 12.4 Å². The van der Waals surface area contributed by atoms with E-state index in [1.165, 1.54) is 24.0 Å². The van der Waals surface area contributed by atoms with Crippen LogP contribution in [0.25, 0.3) is 11.5 Å². The van der Waals surface area contributed by atoms with Gasteiger partial charge in [-0.25, -0.2) is 4.98 Å². The van der Waals surface area contributed by atoms with Gasteiger partial charge < -0.3 is 9.72 Å². The second-order valence-corrected chi connectivity index (χ2v) is 6.11. The summed E-state index contributed by atoms with van der Waals surface area (Å²) in [6, 6.07) is 3.38. The third kappa shape index (κ3) is 4.36. The Hall–Kier alpha value is -3.02. The van der Waals surface area contributed by atoms with Crippen LogP contribution in [0.4, 0.5) is 26.3 Å². The van der Waals surface area contributed by atoms with Crippen molar-refractivity contribution in [2.45, 2.75) is 12.4 Å². The molecule has 0 bridgehead atoms. The highest BCUT2D eigenvalue weighted by molar-refractivity contribution is 6.31. The average Bonchev–Trinajstić information content (AvgIpc) is 3.02. The zero-order valence-corrected chi connectivity index (χ0v) is 14.9. The number of aromatic amines is 1. The van der Waals surface area contributed by atoms with E-state index in [2.05, 4.69) is 15.1 Å². The molecular weight excluding hydrogens is 430 g/mol. The molecule has 0 atom stereocenters. The molecule has 0 amide bonds. The summed E-state index contributed by atoms with van der Waals surface area (Å²) >= 11 is 5.46. The lowest BCUT2D eigenvalue weighted by Gasteiger charge is -2.14. The number of H-pyrrole nitrogens is 1. The number of hydrogen-bond acceptors (Lipinski definition) is 4. The molecule has 0 aliphatic carbocycles. The summed E-state index contributed by atoms with van der Waals surface area (Å²) < 4.78 is 85.3. The molecule has 3 aromatic rings. The maximum absolute atomic E-state index is 13.4. The van der Waals surface area contributed by atoms with Gasteiger partial charge in [-0.15, -0.1) is 0 Å². The van der Waals surface area contributed by atoms with E-state index in [1.54, 1.807) is 0 Å². The van der Waals surface area contributed by atoms with E-state index >= 15 is 0 Å². The molecule has 0 radical (unpaired) electrons. The van der Waals surface area contributed by atoms with Crippen LogP contribution in [-0.4, -0.2) is 19.7 Å². The van der Waals surface area contributed by atoms with E-state index in [-0.39, 0.29) is 5.69 Å². The van der Waals surface area contributed by atoms with Gasteiger partial charge in [0.25, 0.3) is 5.56 Å². The summed E-state index contributed by atoms with van der Waals surface area (Å²) in [6.07, 6.45) is -8.59. The highest BCUT2D eigenvalue weighted by atomic mass is 35.5. The second-order valence-electron chi connectivity index (χ2n) is 5.71. The van der Waals surface area contributed by atoms with Crippen molar-refractivity contribution in [2.24, 2.45) is 7.05 Å². The summed E-state index contributed by atoms with van der Waals surface area (Å²) in [5, 5.41) is 3.16. The Morgan fingerprint density at radius 2 is 1.79 bits per heavy atom. The molecule has 0 fully saturated rings. The number of benzene rings is 1. The lowest BCUT2D eigenvalue weighted by molar-refractivity contribution is -0.142. The number of halogens is 7. The first-order valence-corrected chi connectivity index (χ1v) is 8.00. The lowest BCUT2D eigenvalue weighted by atomic mass is 10.2. The smallest absolute Gasteiger partial charge is 0.437 e. The van der Waals surface area contributed by atoms with Crippen LogP contribution in [0, 0.1) is 0 Å². The molecule has 6 nitrogen and oxygen atoms in total. The van der Waals surface area contributed by atoms with Crippen molar-refractivity contribution in [1.82, 2.24) is 19.7 Å². The van der Waals surface area contributed by atoms with E-state index < -0.39 is 51.5 Å². The van der Waals surface area contributed by atoms with E-state index in [0.717, 1.165) is 12.1 Å². The number of ether oxygens (including phenoxy) is 1. The van der Waals surface area contributed by atoms with Gasteiger partial charge in [0.1, 0.15) is 11.4 Å². The van der Waals surface area contributed by atoms with Gasteiger partial charge in [-0.2, -0.15) is 31.4 Å². The molecule has 0 aliphatic heterocycles. The number of nitrogens with zero attached hydrogens (tertiary/aromatic N) is 3. The predicted molar refractivity (Wildman–Crippen MR) is 88.6 cm³/mol. The first-order valence-electron chi connectivity index (χ1n) is 7.62. The molecule has 154 valence electrons. The van der Waals surface area contributed by atoms with Crippen LogP contribution >= 0.6 is 11.6 Å². The minimum atomic E-state index is -5.13. The molecule has 2 aromatic heterocycles. The minimum absolute atomic E-state index is 0.0486. The van der Waals surface area contributed by atoms with Gasteiger partial charge in [-0.1, -0.05) is 11.6 Å². The SMILES string of the molecule is Cn1ccc(-c2nc(C(F)(F)F)c(Oc3ccc(Cl)c(C(F)(F)F)c3)c(=O)[nH]2)n1. The molecule has 3 rings (SSSR count). The number of alkyl halides is 6. The normalized spacial score (nSPS) is 12.3. The second kappa shape index (κ2) is 7.10. The molecule has 0 saturated heterocycles. The van der Waals surface area contributed by atoms with Gasteiger partial charge in [0.2, 0.25) is 5.75 Å². The van der Waals surface area contributed by atoms with Crippen LogP contribution < -0.4 is 10.3 Å². The zero-order valence-electron chi connectivity index (χ0n) is 14.2. The molecule has 1 aromatic carbocycles. The number of hydrogen-bond donors (Lipinski definition) is 1. The summed E-state index contributed by atoms with van der Waals surface area (Å²) in [5.74, 6) is -2.47. The largest absolute Gasteiger partial charge is 0.449 e. The van der Waals surface area contributed by atoms with Crippen molar-refractivity contribution in [3.05, 3.63) is 57.1 Å². The highest BCUT2D eigenvalue weighted by Crippen LogP contribution is 2.39. The Morgan fingerprint density at radius 1 is 1.10 bits per heavy atom. The quantitative estimate of drug-likeness (QED) is 0.604. The van der Waals surface area contributed by atoms with Crippen LogP contribution in [0.3, 0.4) is 0 Å². The van der Waals surface area contributed by atoms with Crippen molar-refractivity contribution in [3.63, 3.8) is 0 Å². The van der Waals surface area contributed by atoms with E-state index in [1.807, 2.05) is 0 Å². The van der Waals surface area contributed by atoms with Gasteiger partial charge in [0.05, 0.1) is 10.6 Å². The van der Waals surface area contributed by atoms with E-state index in [9.17, 15) is 31.1 Å². The molecule has 0 aliphatic rings. The van der Waals surface area contributed by atoms with Crippen molar-refractivity contribution < 1.29 is 31.1 Å². The topological polar surface area (TPSA) is 72.8 Å². The lowest BCUT2D eigenvalue weighted by Crippen LogP contribution is -2.21. The molecule has 13 heteroatoms. The summed E-state index contributed by atoms with van der Waals surface area (Å²) in [7, 11) is 1.50. The van der Waals surface area contributed by atoms with Crippen molar-refractivity contribution >= 4 is 11.6 Å². The first-order chi connectivity index (χ1) is 13.4. The minimum Gasteiger partial charge on any atom is -0.449 e. The van der Waals surface area contributed by atoms with Crippen LogP contribution in [-0.2, 0) is 19.4 Å². The van der Waals surface area contributed by atoms with Crippen molar-refractivity contribution in [3.8, 4) is 23.0 Å². The number of aryl methyl sites for hydroxylation is 1. The third-order valence-electron chi connectivity index (χ3n) is 3.56. The fraction of sp³-hybridized carbons (Fsp3) is 0.188. The average molecular weight is 439 g/mol. The van der Waals surface area contributed by atoms with Crippen molar-refractivity contribution in [1.29, 1.82) is 0 Å².